The third-order valence-corrected chi connectivity index (χ3v) is 4.46. The van der Waals surface area contributed by atoms with Crippen LogP contribution in [0, 0.1) is 0 Å². The minimum Gasteiger partial charge on any atom is -0.326 e. The van der Waals surface area contributed by atoms with Crippen LogP contribution >= 0.6 is 0 Å². The molecule has 1 atom stereocenters. The quantitative estimate of drug-likeness (QED) is 0.429. The number of nitrogens with one attached hydrogen (secondary N) is 5. The van der Waals surface area contributed by atoms with Crippen molar-refractivity contribution in [1.82, 2.24) is 20.8 Å². The maximum absolute atomic E-state index is 12.3. The van der Waals surface area contributed by atoms with Crippen LogP contribution in [0.5, 0.6) is 0 Å². The lowest BCUT2D eigenvalue weighted by molar-refractivity contribution is -0.120. The van der Waals surface area contributed by atoms with Crippen LogP contribution in [0.1, 0.15) is 5.56 Å². The zero-order valence-electron chi connectivity index (χ0n) is 15.2. The van der Waals surface area contributed by atoms with Gasteiger partial charge < -0.3 is 16.0 Å². The third kappa shape index (κ3) is 4.24. The molecule has 1 saturated heterocycles. The summed E-state index contributed by atoms with van der Waals surface area (Å²) >= 11 is 0. The summed E-state index contributed by atoms with van der Waals surface area (Å²) in [6, 6.07) is 15.1. The van der Waals surface area contributed by atoms with Crippen LogP contribution < -0.4 is 21.3 Å². The highest BCUT2D eigenvalue weighted by Crippen LogP contribution is 2.25. The summed E-state index contributed by atoms with van der Waals surface area (Å²) in [5, 5.41) is 17.2. The van der Waals surface area contributed by atoms with Gasteiger partial charge in [-0.15, -0.1) is 0 Å². The summed E-state index contributed by atoms with van der Waals surface area (Å²) in [6.07, 6.45) is 1.92. The summed E-state index contributed by atoms with van der Waals surface area (Å²) in [6.45, 7) is 0. The standard InChI is InChI=1S/C20H18N6O3/c27-18-15(23-20(29)25-18)10-12-6-8-14(9-7-12)22-19(28)24-16-11-21-26-17(16)13-4-2-1-3-5-13/h1-9,11,15H,10H2,(H,21,26)(H2,22,24,28)(H2,23,25,27,29). The van der Waals surface area contributed by atoms with Gasteiger partial charge in [0.15, 0.2) is 0 Å². The number of carbonyl (C=O) groups is 3. The maximum Gasteiger partial charge on any atom is 0.323 e. The lowest BCUT2D eigenvalue weighted by atomic mass is 10.1. The molecule has 2 heterocycles. The van der Waals surface area contributed by atoms with Crippen LogP contribution in [0.4, 0.5) is 21.0 Å². The van der Waals surface area contributed by atoms with E-state index >= 15 is 0 Å². The number of nitrogens with zero attached hydrogens (tertiary/aromatic N) is 1. The number of benzene rings is 2. The Bertz CT molecular complexity index is 1050. The molecule has 1 fully saturated rings. The molecule has 1 aliphatic heterocycles. The van der Waals surface area contributed by atoms with E-state index in [1.165, 1.54) is 0 Å². The highest BCUT2D eigenvalue weighted by atomic mass is 16.2. The maximum atomic E-state index is 12.3. The first-order valence-corrected chi connectivity index (χ1v) is 8.95. The van der Waals surface area contributed by atoms with Gasteiger partial charge in [0.1, 0.15) is 6.04 Å². The number of amides is 5. The summed E-state index contributed by atoms with van der Waals surface area (Å²) in [4.78, 5) is 35.1. The van der Waals surface area contributed by atoms with Crippen LogP contribution in [0.3, 0.4) is 0 Å². The Hall–Kier alpha value is -4.14. The van der Waals surface area contributed by atoms with Crippen molar-refractivity contribution in [2.45, 2.75) is 12.5 Å². The average molecular weight is 390 g/mol. The molecule has 0 spiro atoms. The van der Waals surface area contributed by atoms with Crippen LogP contribution in [0.2, 0.25) is 0 Å². The first kappa shape index (κ1) is 18.2. The molecule has 0 saturated carbocycles. The van der Waals surface area contributed by atoms with E-state index in [4.69, 9.17) is 0 Å². The molecule has 0 aliphatic carbocycles. The van der Waals surface area contributed by atoms with Crippen molar-refractivity contribution in [3.8, 4) is 11.3 Å². The first-order valence-electron chi connectivity index (χ1n) is 8.95. The largest absolute Gasteiger partial charge is 0.326 e. The number of hydrogen-bond donors (Lipinski definition) is 5. The summed E-state index contributed by atoms with van der Waals surface area (Å²) in [5.74, 6) is -0.342. The smallest absolute Gasteiger partial charge is 0.323 e. The summed E-state index contributed by atoms with van der Waals surface area (Å²) in [5.41, 5.74) is 3.64. The lowest BCUT2D eigenvalue weighted by Crippen LogP contribution is -2.31. The first-order chi connectivity index (χ1) is 14.1. The molecule has 1 aliphatic rings. The zero-order valence-corrected chi connectivity index (χ0v) is 15.2. The molecule has 5 N–H and O–H groups in total. The second kappa shape index (κ2) is 7.85. The SMILES string of the molecule is O=C(Nc1ccc(CC2NC(=O)NC2=O)cc1)Nc1cn[nH]c1-c1ccccc1. The number of anilines is 2. The van der Waals surface area contributed by atoms with E-state index in [-0.39, 0.29) is 5.91 Å². The number of carbonyl (C=O) groups excluding carboxylic acids is 3. The van der Waals surface area contributed by atoms with Crippen LogP contribution in [0.25, 0.3) is 11.3 Å². The van der Waals surface area contributed by atoms with Crippen molar-refractivity contribution in [1.29, 1.82) is 0 Å². The van der Waals surface area contributed by atoms with Gasteiger partial charge in [0.2, 0.25) is 0 Å². The van der Waals surface area contributed by atoms with E-state index in [1.54, 1.807) is 30.5 Å². The Labute approximate surface area is 165 Å². The van der Waals surface area contributed by atoms with Crippen molar-refractivity contribution < 1.29 is 14.4 Å². The molecule has 2 aromatic carbocycles. The van der Waals surface area contributed by atoms with E-state index in [9.17, 15) is 14.4 Å². The molecule has 1 aromatic heterocycles. The van der Waals surface area contributed by atoms with E-state index in [0.29, 0.717) is 23.5 Å². The molecule has 29 heavy (non-hydrogen) atoms. The fourth-order valence-electron chi connectivity index (χ4n) is 3.05. The number of urea groups is 2. The highest BCUT2D eigenvalue weighted by molar-refractivity contribution is 6.04. The van der Waals surface area contributed by atoms with Crippen LogP contribution in [-0.2, 0) is 11.2 Å². The van der Waals surface area contributed by atoms with Crippen molar-refractivity contribution in [3.05, 3.63) is 66.4 Å². The second-order valence-electron chi connectivity index (χ2n) is 6.52. The monoisotopic (exact) mass is 390 g/mol. The van der Waals surface area contributed by atoms with Gasteiger partial charge in [-0.1, -0.05) is 42.5 Å². The van der Waals surface area contributed by atoms with Gasteiger partial charge in [-0.2, -0.15) is 5.10 Å². The van der Waals surface area contributed by atoms with Gasteiger partial charge in [-0.3, -0.25) is 15.2 Å². The number of aromatic amines is 1. The Kier molecular flexibility index (Phi) is 4.93. The molecule has 9 nitrogen and oxygen atoms in total. The Balaban J connectivity index is 1.37. The van der Waals surface area contributed by atoms with Gasteiger partial charge in [-0.05, 0) is 17.7 Å². The number of hydrogen-bond acceptors (Lipinski definition) is 4. The molecular weight excluding hydrogens is 372 g/mol. The van der Waals surface area contributed by atoms with Gasteiger partial charge in [0, 0.05) is 17.7 Å². The topological polar surface area (TPSA) is 128 Å². The van der Waals surface area contributed by atoms with E-state index in [0.717, 1.165) is 11.1 Å². The highest BCUT2D eigenvalue weighted by Gasteiger charge is 2.29. The van der Waals surface area contributed by atoms with E-state index in [1.807, 2.05) is 30.3 Å². The van der Waals surface area contributed by atoms with Gasteiger partial charge in [0.05, 0.1) is 17.6 Å². The predicted octanol–water partition coefficient (Wildman–Crippen LogP) is 2.47. The molecule has 3 aromatic rings. The molecule has 9 heteroatoms. The Morgan fingerprint density at radius 2 is 1.76 bits per heavy atom. The molecule has 0 bridgehead atoms. The molecule has 1 unspecified atom stereocenters. The summed E-state index contributed by atoms with van der Waals surface area (Å²) < 4.78 is 0. The Morgan fingerprint density at radius 3 is 2.45 bits per heavy atom. The molecule has 0 radical (unpaired) electrons. The van der Waals surface area contributed by atoms with Crippen LogP contribution in [-0.4, -0.2) is 34.2 Å². The second-order valence-corrected chi connectivity index (χ2v) is 6.52. The van der Waals surface area contributed by atoms with Gasteiger partial charge in [0.25, 0.3) is 5.91 Å². The van der Waals surface area contributed by atoms with E-state index < -0.39 is 18.1 Å². The minimum absolute atomic E-state index is 0.342. The third-order valence-electron chi connectivity index (χ3n) is 4.46. The van der Waals surface area contributed by atoms with Crippen LogP contribution in [0.15, 0.2) is 60.8 Å². The van der Waals surface area contributed by atoms with E-state index in [2.05, 4.69) is 31.5 Å². The fourth-order valence-corrected chi connectivity index (χ4v) is 3.05. The number of H-pyrrole nitrogens is 1. The summed E-state index contributed by atoms with van der Waals surface area (Å²) in [7, 11) is 0. The normalized spacial score (nSPS) is 15.5. The van der Waals surface area contributed by atoms with Gasteiger partial charge >= 0.3 is 12.1 Å². The fraction of sp³-hybridized carbons (Fsp3) is 0.100. The van der Waals surface area contributed by atoms with Crippen molar-refractivity contribution in [3.63, 3.8) is 0 Å². The molecule has 146 valence electrons. The van der Waals surface area contributed by atoms with Crippen molar-refractivity contribution in [2.75, 3.05) is 10.6 Å². The van der Waals surface area contributed by atoms with Gasteiger partial charge in [-0.25, -0.2) is 9.59 Å². The van der Waals surface area contributed by atoms with Crippen molar-refractivity contribution >= 4 is 29.3 Å². The van der Waals surface area contributed by atoms with Crippen molar-refractivity contribution in [2.24, 2.45) is 0 Å². The lowest BCUT2D eigenvalue weighted by Gasteiger charge is -2.10. The predicted molar refractivity (Wildman–Crippen MR) is 107 cm³/mol. The molecule has 4 rings (SSSR count). The minimum atomic E-state index is -0.581. The molecule has 5 amide bonds. The number of rotatable bonds is 5. The Morgan fingerprint density at radius 1 is 1.00 bits per heavy atom. The molecular formula is C20H18N6O3. The number of aromatic nitrogens is 2. The zero-order chi connectivity index (χ0) is 20.2. The number of imide groups is 1. The average Bonchev–Trinajstić information content (AvgIpc) is 3.29.